The minimum atomic E-state index is -0.470. The highest BCUT2D eigenvalue weighted by atomic mass is 19.1. The average Bonchev–Trinajstić information content (AvgIpc) is 2.63. The van der Waals surface area contributed by atoms with E-state index in [1.54, 1.807) is 12.1 Å². The van der Waals surface area contributed by atoms with Gasteiger partial charge in [0.15, 0.2) is 0 Å². The van der Waals surface area contributed by atoms with Crippen LogP contribution in [0.5, 0.6) is 0 Å². The fourth-order valence-corrected chi connectivity index (χ4v) is 3.03. The summed E-state index contributed by atoms with van der Waals surface area (Å²) in [4.78, 5) is 23.1. The van der Waals surface area contributed by atoms with Gasteiger partial charge in [-0.15, -0.1) is 0 Å². The number of piperidine rings is 1. The van der Waals surface area contributed by atoms with Crippen LogP contribution in [-0.4, -0.2) is 28.5 Å². The Hall–Kier alpha value is -2.50. The normalized spacial score (nSPS) is 17.6. The second kappa shape index (κ2) is 7.38. The first-order chi connectivity index (χ1) is 11.7. The lowest BCUT2D eigenvalue weighted by molar-refractivity contribution is 0.102. The number of anilines is 2. The van der Waals surface area contributed by atoms with E-state index < -0.39 is 11.7 Å². The van der Waals surface area contributed by atoms with Crippen molar-refractivity contribution >= 4 is 17.5 Å². The molecule has 0 aliphatic carbocycles. The molecule has 24 heavy (non-hydrogen) atoms. The molecule has 1 aromatic heterocycles. The average molecular weight is 328 g/mol. The fourth-order valence-electron chi connectivity index (χ4n) is 3.03. The summed E-state index contributed by atoms with van der Waals surface area (Å²) in [6.45, 7) is 3.11. The number of amides is 1. The summed E-state index contributed by atoms with van der Waals surface area (Å²) in [5.74, 6) is -0.233. The van der Waals surface area contributed by atoms with Crippen LogP contribution in [0.4, 0.5) is 16.0 Å². The molecule has 0 bridgehead atoms. The van der Waals surface area contributed by atoms with Gasteiger partial charge < -0.3 is 10.2 Å². The largest absolute Gasteiger partial charge is 0.338 e. The van der Waals surface area contributed by atoms with Crippen LogP contribution >= 0.6 is 0 Å². The van der Waals surface area contributed by atoms with Gasteiger partial charge in [-0.3, -0.25) is 4.79 Å². The van der Waals surface area contributed by atoms with Crippen LogP contribution in [0, 0.1) is 5.82 Å². The predicted molar refractivity (Wildman–Crippen MR) is 91.7 cm³/mol. The van der Waals surface area contributed by atoms with E-state index in [1.165, 1.54) is 30.9 Å². The first-order valence-electron chi connectivity index (χ1n) is 8.33. The van der Waals surface area contributed by atoms with Gasteiger partial charge in [0.25, 0.3) is 5.91 Å². The van der Waals surface area contributed by atoms with Gasteiger partial charge in [0.2, 0.25) is 5.95 Å². The van der Waals surface area contributed by atoms with E-state index in [2.05, 4.69) is 27.1 Å². The Kier molecular flexibility index (Phi) is 5.03. The van der Waals surface area contributed by atoms with E-state index in [9.17, 15) is 9.18 Å². The highest BCUT2D eigenvalue weighted by Gasteiger charge is 2.23. The number of rotatable bonds is 4. The van der Waals surface area contributed by atoms with Crippen molar-refractivity contribution in [3.8, 4) is 0 Å². The third-order valence-corrected chi connectivity index (χ3v) is 4.38. The molecule has 3 rings (SSSR count). The zero-order chi connectivity index (χ0) is 16.9. The number of aromatic nitrogens is 2. The van der Waals surface area contributed by atoms with E-state index in [0.717, 1.165) is 25.8 Å². The molecule has 1 N–H and O–H groups in total. The standard InChI is InChI=1S/C18H21FN4O/c1-2-14-7-5-6-10-23(14)18-20-11-13(12-21-18)17(24)22-16-9-4-3-8-15(16)19/h3-4,8-9,11-12,14H,2,5-7,10H2,1H3,(H,22,24). The van der Waals surface area contributed by atoms with E-state index in [-0.39, 0.29) is 5.69 Å². The van der Waals surface area contributed by atoms with Crippen molar-refractivity contribution in [3.63, 3.8) is 0 Å². The lowest BCUT2D eigenvalue weighted by Crippen LogP contribution is -2.40. The topological polar surface area (TPSA) is 58.1 Å². The highest BCUT2D eigenvalue weighted by molar-refractivity contribution is 6.03. The van der Waals surface area contributed by atoms with Crippen molar-refractivity contribution in [1.82, 2.24) is 9.97 Å². The van der Waals surface area contributed by atoms with Gasteiger partial charge >= 0.3 is 0 Å². The van der Waals surface area contributed by atoms with Gasteiger partial charge in [-0.1, -0.05) is 19.1 Å². The molecule has 1 unspecified atom stereocenters. The molecule has 2 aromatic rings. The number of para-hydroxylation sites is 1. The molecule has 5 nitrogen and oxygen atoms in total. The Labute approximate surface area is 140 Å². The number of carbonyl (C=O) groups excluding carboxylic acids is 1. The van der Waals surface area contributed by atoms with E-state index in [1.807, 2.05) is 0 Å². The number of carbonyl (C=O) groups is 1. The third kappa shape index (κ3) is 3.53. The summed E-state index contributed by atoms with van der Waals surface area (Å²) in [5, 5.41) is 2.54. The Balaban J connectivity index is 1.72. The van der Waals surface area contributed by atoms with Crippen LogP contribution in [0.15, 0.2) is 36.7 Å². The van der Waals surface area contributed by atoms with Gasteiger partial charge in [0.05, 0.1) is 11.3 Å². The number of nitrogens with zero attached hydrogens (tertiary/aromatic N) is 3. The number of hydrogen-bond acceptors (Lipinski definition) is 4. The molecular formula is C18H21FN4O. The summed E-state index contributed by atoms with van der Waals surface area (Å²) in [7, 11) is 0. The highest BCUT2D eigenvalue weighted by Crippen LogP contribution is 2.23. The molecule has 0 saturated carbocycles. The summed E-state index contributed by atoms with van der Waals surface area (Å²) in [6, 6.07) is 6.51. The first kappa shape index (κ1) is 16.4. The second-order valence-corrected chi connectivity index (χ2v) is 5.96. The van der Waals surface area contributed by atoms with Gasteiger partial charge in [0, 0.05) is 25.0 Å². The summed E-state index contributed by atoms with van der Waals surface area (Å²) in [6.07, 6.45) is 7.57. The summed E-state index contributed by atoms with van der Waals surface area (Å²) >= 11 is 0. The van der Waals surface area contributed by atoms with Crippen molar-refractivity contribution < 1.29 is 9.18 Å². The van der Waals surface area contributed by atoms with Crippen molar-refractivity contribution in [2.24, 2.45) is 0 Å². The maximum Gasteiger partial charge on any atom is 0.258 e. The number of hydrogen-bond donors (Lipinski definition) is 1. The first-order valence-corrected chi connectivity index (χ1v) is 8.33. The molecule has 1 aromatic carbocycles. The number of nitrogens with one attached hydrogen (secondary N) is 1. The Morgan fingerprint density at radius 3 is 2.75 bits per heavy atom. The van der Waals surface area contributed by atoms with Crippen LogP contribution in [0.2, 0.25) is 0 Å². The fraction of sp³-hybridized carbons (Fsp3) is 0.389. The Bertz CT molecular complexity index is 704. The second-order valence-electron chi connectivity index (χ2n) is 5.96. The van der Waals surface area contributed by atoms with Crippen LogP contribution < -0.4 is 10.2 Å². The predicted octanol–water partition coefficient (Wildman–Crippen LogP) is 3.64. The maximum absolute atomic E-state index is 13.6. The summed E-state index contributed by atoms with van der Waals surface area (Å²) < 4.78 is 13.6. The van der Waals surface area contributed by atoms with Crippen molar-refractivity contribution in [1.29, 1.82) is 0 Å². The Morgan fingerprint density at radius 2 is 2.04 bits per heavy atom. The van der Waals surface area contributed by atoms with Crippen LogP contribution in [0.3, 0.4) is 0 Å². The van der Waals surface area contributed by atoms with Gasteiger partial charge in [-0.05, 0) is 37.8 Å². The molecular weight excluding hydrogens is 307 g/mol. The van der Waals surface area contributed by atoms with Crippen LogP contribution in [-0.2, 0) is 0 Å². The molecule has 0 radical (unpaired) electrons. The zero-order valence-corrected chi connectivity index (χ0v) is 13.7. The molecule has 1 fully saturated rings. The van der Waals surface area contributed by atoms with E-state index >= 15 is 0 Å². The molecule has 1 saturated heterocycles. The molecule has 1 aliphatic rings. The van der Waals surface area contributed by atoms with Crippen molar-refractivity contribution in [3.05, 3.63) is 48.0 Å². The van der Waals surface area contributed by atoms with Crippen molar-refractivity contribution in [2.45, 2.75) is 38.6 Å². The Morgan fingerprint density at radius 1 is 1.29 bits per heavy atom. The molecule has 0 spiro atoms. The van der Waals surface area contributed by atoms with Crippen LogP contribution in [0.25, 0.3) is 0 Å². The molecule has 126 valence electrons. The molecule has 2 heterocycles. The number of halogens is 1. The van der Waals surface area contributed by atoms with Crippen molar-refractivity contribution in [2.75, 3.05) is 16.8 Å². The maximum atomic E-state index is 13.6. The summed E-state index contributed by atoms with van der Waals surface area (Å²) in [5.41, 5.74) is 0.459. The monoisotopic (exact) mass is 328 g/mol. The lowest BCUT2D eigenvalue weighted by atomic mass is 10.0. The zero-order valence-electron chi connectivity index (χ0n) is 13.7. The minimum absolute atomic E-state index is 0.147. The van der Waals surface area contributed by atoms with E-state index in [4.69, 9.17) is 0 Å². The molecule has 1 atom stereocenters. The van der Waals surface area contributed by atoms with E-state index in [0.29, 0.717) is 17.6 Å². The minimum Gasteiger partial charge on any atom is -0.338 e. The molecule has 1 aliphatic heterocycles. The molecule has 1 amide bonds. The SMILES string of the molecule is CCC1CCCCN1c1ncc(C(=O)Nc2ccccc2F)cn1. The number of benzene rings is 1. The van der Waals surface area contributed by atoms with Gasteiger partial charge in [-0.25, -0.2) is 14.4 Å². The van der Waals surface area contributed by atoms with Gasteiger partial charge in [-0.2, -0.15) is 0 Å². The van der Waals surface area contributed by atoms with Gasteiger partial charge in [0.1, 0.15) is 5.82 Å². The van der Waals surface area contributed by atoms with Crippen LogP contribution in [0.1, 0.15) is 43.0 Å². The quantitative estimate of drug-likeness (QED) is 0.931. The third-order valence-electron chi connectivity index (χ3n) is 4.38. The lowest BCUT2D eigenvalue weighted by Gasteiger charge is -2.35. The molecule has 6 heteroatoms. The smallest absolute Gasteiger partial charge is 0.258 e.